The first kappa shape index (κ1) is 17.9. The van der Waals surface area contributed by atoms with Gasteiger partial charge in [-0.05, 0) is 23.5 Å². The van der Waals surface area contributed by atoms with Crippen LogP contribution in [0.2, 0.25) is 0 Å². The van der Waals surface area contributed by atoms with Crippen molar-refractivity contribution in [3.05, 3.63) is 70.6 Å². The maximum absolute atomic E-state index is 12.4. The summed E-state index contributed by atoms with van der Waals surface area (Å²) in [5, 5.41) is 23.6. The molecule has 124 valence electrons. The summed E-state index contributed by atoms with van der Waals surface area (Å²) in [4.78, 5) is 12.4. The average molecular weight is 324 g/mol. The molecule has 0 unspecified atom stereocenters. The zero-order chi connectivity index (χ0) is 17.5. The number of nitrogens with zero attached hydrogens (tertiary/aromatic N) is 2. The van der Waals surface area contributed by atoms with Crippen molar-refractivity contribution in [3.63, 3.8) is 0 Å². The molecule has 24 heavy (non-hydrogen) atoms. The van der Waals surface area contributed by atoms with E-state index in [4.69, 9.17) is 10.0 Å². The smallest absolute Gasteiger partial charge is 0.423 e. The van der Waals surface area contributed by atoms with Gasteiger partial charge in [0.25, 0.3) is 5.56 Å². The topological polar surface area (TPSA) is 75.3 Å². The highest BCUT2D eigenvalue weighted by Crippen LogP contribution is 2.07. The summed E-state index contributed by atoms with van der Waals surface area (Å²) in [6.45, 7) is 4.50. The Bertz CT molecular complexity index is 848. The molecule has 0 spiro atoms. The number of hydrogen-bond donors (Lipinski definition) is 2. The lowest BCUT2D eigenvalue weighted by Gasteiger charge is -2.07. The van der Waals surface area contributed by atoms with Crippen LogP contribution in [0, 0.1) is 0 Å². The van der Waals surface area contributed by atoms with Gasteiger partial charge in [-0.1, -0.05) is 56.3 Å². The third-order valence-electron chi connectivity index (χ3n) is 3.63. The van der Waals surface area contributed by atoms with Gasteiger partial charge in [-0.3, -0.25) is 4.79 Å². The second-order valence-electron chi connectivity index (χ2n) is 5.13. The normalized spacial score (nSPS) is 10.2. The molecule has 0 amide bonds. The highest BCUT2D eigenvalue weighted by atomic mass is 16.4. The fourth-order valence-electron chi connectivity index (χ4n) is 2.41. The van der Waals surface area contributed by atoms with E-state index in [0.29, 0.717) is 22.8 Å². The minimum Gasteiger partial charge on any atom is -0.423 e. The highest BCUT2D eigenvalue weighted by Gasteiger charge is 2.12. The van der Waals surface area contributed by atoms with Gasteiger partial charge in [0.05, 0.1) is 11.6 Å². The van der Waals surface area contributed by atoms with Gasteiger partial charge in [-0.25, -0.2) is 4.68 Å². The minimum atomic E-state index is -1.55. The molecule has 1 heterocycles. The Morgan fingerprint density at radius 1 is 1.08 bits per heavy atom. The van der Waals surface area contributed by atoms with Crippen LogP contribution in [0.4, 0.5) is 0 Å². The van der Waals surface area contributed by atoms with E-state index in [1.165, 1.54) is 10.7 Å². The second-order valence-corrected chi connectivity index (χ2v) is 5.13. The first-order valence-electron chi connectivity index (χ1n) is 8.05. The fourth-order valence-corrected chi connectivity index (χ4v) is 2.41. The van der Waals surface area contributed by atoms with E-state index in [9.17, 15) is 4.79 Å². The van der Waals surface area contributed by atoms with Crippen molar-refractivity contribution in [2.75, 3.05) is 0 Å². The molecule has 2 N–H and O–H groups in total. The van der Waals surface area contributed by atoms with Crippen LogP contribution in [0.5, 0.6) is 0 Å². The molecule has 6 heteroatoms. The molecule has 0 aliphatic rings. The maximum atomic E-state index is 12.4. The molecule has 5 nitrogen and oxygen atoms in total. The molecule has 0 aliphatic carbocycles. The van der Waals surface area contributed by atoms with E-state index in [2.05, 4.69) is 5.10 Å². The van der Waals surface area contributed by atoms with Gasteiger partial charge in [-0.2, -0.15) is 5.10 Å². The Kier molecular flexibility index (Phi) is 6.29. The van der Waals surface area contributed by atoms with Crippen molar-refractivity contribution in [2.24, 2.45) is 0 Å². The fraction of sp³-hybridized carbons (Fsp3) is 0.222. The third kappa shape index (κ3) is 4.10. The number of fused-ring (bicyclic) bond motifs is 1. The number of hydrogen-bond acceptors (Lipinski definition) is 4. The molecule has 0 saturated heterocycles. The Morgan fingerprint density at radius 2 is 1.79 bits per heavy atom. The predicted octanol–water partition coefficient (Wildman–Crippen LogP) is 1.35. The van der Waals surface area contributed by atoms with Crippen LogP contribution in [-0.4, -0.2) is 26.9 Å². The lowest BCUT2D eigenvalue weighted by Crippen LogP contribution is -2.30. The van der Waals surface area contributed by atoms with E-state index in [-0.39, 0.29) is 5.56 Å². The lowest BCUT2D eigenvalue weighted by atomic mass is 9.80. The van der Waals surface area contributed by atoms with E-state index in [0.717, 1.165) is 12.0 Å². The third-order valence-corrected chi connectivity index (χ3v) is 3.63. The van der Waals surface area contributed by atoms with Gasteiger partial charge in [0.1, 0.15) is 0 Å². The molecular weight excluding hydrogens is 303 g/mol. The van der Waals surface area contributed by atoms with E-state index in [1.807, 2.05) is 44.2 Å². The van der Waals surface area contributed by atoms with Gasteiger partial charge in [0.15, 0.2) is 0 Å². The Hall–Kier alpha value is -2.44. The Morgan fingerprint density at radius 3 is 2.46 bits per heavy atom. The molecule has 0 saturated carbocycles. The van der Waals surface area contributed by atoms with Crippen molar-refractivity contribution in [2.45, 2.75) is 26.8 Å². The average Bonchev–Trinajstić information content (AvgIpc) is 2.63. The molecule has 0 fully saturated rings. The first-order chi connectivity index (χ1) is 11.6. The SMILES string of the molecule is CC.O=c1c2ccc(B(O)O)cc2cnn1CCc1ccccc1. The molecule has 1 aromatic heterocycles. The predicted molar refractivity (Wildman–Crippen MR) is 97.3 cm³/mol. The van der Waals surface area contributed by atoms with Crippen LogP contribution in [0.1, 0.15) is 19.4 Å². The molecule has 0 aliphatic heterocycles. The quantitative estimate of drug-likeness (QED) is 0.710. The number of rotatable bonds is 4. The minimum absolute atomic E-state index is 0.174. The largest absolute Gasteiger partial charge is 0.488 e. The van der Waals surface area contributed by atoms with Crippen molar-refractivity contribution in [3.8, 4) is 0 Å². The zero-order valence-electron chi connectivity index (χ0n) is 13.9. The summed E-state index contributed by atoms with van der Waals surface area (Å²) in [5.41, 5.74) is 1.32. The Balaban J connectivity index is 0.00000100. The van der Waals surface area contributed by atoms with Crippen molar-refractivity contribution < 1.29 is 10.0 Å². The molecule has 3 aromatic rings. The molecule has 3 rings (SSSR count). The number of benzene rings is 2. The van der Waals surface area contributed by atoms with Crippen molar-refractivity contribution in [1.29, 1.82) is 0 Å². The van der Waals surface area contributed by atoms with Gasteiger partial charge >= 0.3 is 7.12 Å². The van der Waals surface area contributed by atoms with Crippen molar-refractivity contribution >= 4 is 23.4 Å². The summed E-state index contributed by atoms with van der Waals surface area (Å²) in [6, 6.07) is 14.6. The van der Waals surface area contributed by atoms with Gasteiger partial charge in [-0.15, -0.1) is 0 Å². The van der Waals surface area contributed by atoms with Gasteiger partial charge < -0.3 is 10.0 Å². The standard InChI is InChI=1S/C16H15BN2O3.C2H6/c20-16-15-7-6-14(17(21)22)10-13(15)11-18-19(16)9-8-12-4-2-1-3-5-12;1-2/h1-7,10-11,21-22H,8-9H2;1-2H3. The summed E-state index contributed by atoms with van der Waals surface area (Å²) in [6.07, 6.45) is 2.31. The lowest BCUT2D eigenvalue weighted by molar-refractivity contribution is 0.426. The van der Waals surface area contributed by atoms with Crippen LogP contribution < -0.4 is 11.0 Å². The van der Waals surface area contributed by atoms with E-state index < -0.39 is 7.12 Å². The Labute approximate surface area is 141 Å². The molecule has 2 aromatic carbocycles. The van der Waals surface area contributed by atoms with Crippen LogP contribution in [0.15, 0.2) is 59.5 Å². The van der Waals surface area contributed by atoms with Crippen molar-refractivity contribution in [1.82, 2.24) is 9.78 Å². The maximum Gasteiger partial charge on any atom is 0.488 e. The highest BCUT2D eigenvalue weighted by molar-refractivity contribution is 6.58. The second kappa shape index (κ2) is 8.43. The summed E-state index contributed by atoms with van der Waals surface area (Å²) < 4.78 is 1.43. The van der Waals surface area contributed by atoms with E-state index in [1.54, 1.807) is 18.3 Å². The van der Waals surface area contributed by atoms with Crippen LogP contribution in [0.3, 0.4) is 0 Å². The van der Waals surface area contributed by atoms with Gasteiger partial charge in [0, 0.05) is 11.9 Å². The molecule has 0 radical (unpaired) electrons. The van der Waals surface area contributed by atoms with Gasteiger partial charge in [0.2, 0.25) is 0 Å². The summed E-state index contributed by atoms with van der Waals surface area (Å²) in [7, 11) is -1.55. The zero-order valence-corrected chi connectivity index (χ0v) is 13.9. The number of aryl methyl sites for hydroxylation is 2. The van der Waals surface area contributed by atoms with E-state index >= 15 is 0 Å². The molecular formula is C18H21BN2O3. The summed E-state index contributed by atoms with van der Waals surface area (Å²) >= 11 is 0. The molecule has 0 atom stereocenters. The first-order valence-corrected chi connectivity index (χ1v) is 8.05. The number of aromatic nitrogens is 2. The van der Waals surface area contributed by atoms with Crippen LogP contribution in [0.25, 0.3) is 10.8 Å². The summed E-state index contributed by atoms with van der Waals surface area (Å²) in [5.74, 6) is 0. The van der Waals surface area contributed by atoms with Crippen LogP contribution >= 0.6 is 0 Å². The molecule has 0 bridgehead atoms. The van der Waals surface area contributed by atoms with Crippen LogP contribution in [-0.2, 0) is 13.0 Å². The monoisotopic (exact) mass is 324 g/mol.